The Balaban J connectivity index is 1.84. The van der Waals surface area contributed by atoms with Crippen molar-refractivity contribution in [2.75, 3.05) is 6.54 Å². The van der Waals surface area contributed by atoms with E-state index in [1.807, 2.05) is 0 Å². The summed E-state index contributed by atoms with van der Waals surface area (Å²) in [4.78, 5) is 11.9. The molecule has 4 heteroatoms. The van der Waals surface area contributed by atoms with Crippen molar-refractivity contribution in [1.29, 1.82) is 0 Å². The number of aliphatic hydroxyl groups is 1. The van der Waals surface area contributed by atoms with E-state index in [1.54, 1.807) is 24.3 Å². The van der Waals surface area contributed by atoms with Crippen molar-refractivity contribution < 1.29 is 15.0 Å². The number of nitrogens with one attached hydrogen (secondary N) is 1. The zero-order valence-electron chi connectivity index (χ0n) is 11.8. The summed E-state index contributed by atoms with van der Waals surface area (Å²) in [5.41, 5.74) is -0.150. The van der Waals surface area contributed by atoms with Gasteiger partial charge in [0.05, 0.1) is 12.0 Å². The van der Waals surface area contributed by atoms with Crippen molar-refractivity contribution in [3.63, 3.8) is 0 Å². The molecular formula is C16H23NO3. The normalized spacial score (nSPS) is 18.2. The van der Waals surface area contributed by atoms with Crippen LogP contribution in [0.15, 0.2) is 24.3 Å². The summed E-state index contributed by atoms with van der Waals surface area (Å²) < 4.78 is 0. The molecule has 110 valence electrons. The second-order valence-electron chi connectivity index (χ2n) is 5.72. The Bertz CT molecular complexity index is 451. The van der Waals surface area contributed by atoms with Gasteiger partial charge in [0.1, 0.15) is 5.75 Å². The van der Waals surface area contributed by atoms with Gasteiger partial charge in [-0.2, -0.15) is 0 Å². The monoisotopic (exact) mass is 277 g/mol. The predicted molar refractivity (Wildman–Crippen MR) is 77.5 cm³/mol. The van der Waals surface area contributed by atoms with Crippen LogP contribution in [0, 0.1) is 0 Å². The maximum Gasteiger partial charge on any atom is 0.224 e. The fourth-order valence-electron chi connectivity index (χ4n) is 2.72. The first-order chi connectivity index (χ1) is 9.59. The minimum atomic E-state index is -0.759. The lowest BCUT2D eigenvalue weighted by molar-refractivity contribution is -0.121. The molecule has 1 aromatic rings. The molecule has 0 saturated heterocycles. The third-order valence-electron chi connectivity index (χ3n) is 3.99. The third kappa shape index (κ3) is 4.23. The van der Waals surface area contributed by atoms with Crippen molar-refractivity contribution in [2.45, 2.75) is 50.5 Å². The number of carbonyl (C=O) groups excluding carboxylic acids is 1. The van der Waals surface area contributed by atoms with Crippen LogP contribution in [0.5, 0.6) is 5.75 Å². The predicted octanol–water partition coefficient (Wildman–Crippen LogP) is 2.14. The molecule has 3 N–H and O–H groups in total. The van der Waals surface area contributed by atoms with Crippen LogP contribution in [0.25, 0.3) is 0 Å². The fourth-order valence-corrected chi connectivity index (χ4v) is 2.72. The van der Waals surface area contributed by atoms with Crippen LogP contribution in [0.1, 0.15) is 44.1 Å². The van der Waals surface area contributed by atoms with Crippen LogP contribution in [0.2, 0.25) is 0 Å². The quantitative estimate of drug-likeness (QED) is 0.738. The SMILES string of the molecule is O=C(Cc1ccccc1O)NCC1(O)CCCCCC1. The summed E-state index contributed by atoms with van der Waals surface area (Å²) in [6, 6.07) is 6.82. The molecule has 1 aliphatic carbocycles. The zero-order chi connectivity index (χ0) is 14.4. The highest BCUT2D eigenvalue weighted by Gasteiger charge is 2.28. The Kier molecular flexibility index (Phi) is 5.01. The van der Waals surface area contributed by atoms with Gasteiger partial charge in [-0.3, -0.25) is 4.79 Å². The van der Waals surface area contributed by atoms with Crippen LogP contribution in [0.4, 0.5) is 0 Å². The van der Waals surface area contributed by atoms with Gasteiger partial charge < -0.3 is 15.5 Å². The van der Waals surface area contributed by atoms with Crippen molar-refractivity contribution in [3.8, 4) is 5.75 Å². The Morgan fingerprint density at radius 3 is 2.45 bits per heavy atom. The highest BCUT2D eigenvalue weighted by molar-refractivity contribution is 5.79. The Morgan fingerprint density at radius 2 is 1.80 bits per heavy atom. The average Bonchev–Trinajstić information content (AvgIpc) is 2.65. The lowest BCUT2D eigenvalue weighted by Crippen LogP contribution is -2.43. The van der Waals surface area contributed by atoms with Gasteiger partial charge >= 0.3 is 0 Å². The van der Waals surface area contributed by atoms with Crippen molar-refractivity contribution in [3.05, 3.63) is 29.8 Å². The van der Waals surface area contributed by atoms with E-state index in [0.717, 1.165) is 38.5 Å². The summed E-state index contributed by atoms with van der Waals surface area (Å²) in [5.74, 6) is -0.0278. The summed E-state index contributed by atoms with van der Waals surface area (Å²) in [5, 5.41) is 22.9. The van der Waals surface area contributed by atoms with Crippen molar-refractivity contribution in [1.82, 2.24) is 5.32 Å². The van der Waals surface area contributed by atoms with Crippen LogP contribution in [-0.4, -0.2) is 28.3 Å². The standard InChI is InChI=1S/C16H23NO3/c18-14-8-4-3-7-13(14)11-15(19)17-12-16(20)9-5-1-2-6-10-16/h3-4,7-8,18,20H,1-2,5-6,9-12H2,(H,17,19). The molecule has 1 amide bonds. The molecule has 1 aromatic carbocycles. The van der Waals surface area contributed by atoms with Crippen LogP contribution >= 0.6 is 0 Å². The molecule has 1 fully saturated rings. The molecule has 0 aromatic heterocycles. The molecule has 0 spiro atoms. The first-order valence-corrected chi connectivity index (χ1v) is 7.35. The third-order valence-corrected chi connectivity index (χ3v) is 3.99. The molecule has 0 aliphatic heterocycles. The van der Waals surface area contributed by atoms with E-state index in [-0.39, 0.29) is 18.1 Å². The number of phenolic OH excluding ortho intramolecular Hbond substituents is 1. The Hall–Kier alpha value is -1.55. The highest BCUT2D eigenvalue weighted by atomic mass is 16.3. The van der Waals surface area contributed by atoms with E-state index < -0.39 is 5.60 Å². The first kappa shape index (κ1) is 14.9. The molecule has 0 unspecified atom stereocenters. The van der Waals surface area contributed by atoms with Crippen molar-refractivity contribution >= 4 is 5.91 Å². The second-order valence-corrected chi connectivity index (χ2v) is 5.72. The maximum absolute atomic E-state index is 11.9. The van der Waals surface area contributed by atoms with E-state index >= 15 is 0 Å². The smallest absolute Gasteiger partial charge is 0.224 e. The second kappa shape index (κ2) is 6.75. The molecule has 0 radical (unpaired) electrons. The Labute approximate surface area is 119 Å². The number of aromatic hydroxyl groups is 1. The number of carbonyl (C=O) groups is 1. The molecular weight excluding hydrogens is 254 g/mol. The number of hydrogen-bond acceptors (Lipinski definition) is 3. The van der Waals surface area contributed by atoms with Gasteiger partial charge in [0.15, 0.2) is 0 Å². The lowest BCUT2D eigenvalue weighted by Gasteiger charge is -2.26. The molecule has 0 heterocycles. The number of benzene rings is 1. The summed E-state index contributed by atoms with van der Waals surface area (Å²) in [6.45, 7) is 0.305. The summed E-state index contributed by atoms with van der Waals surface area (Å²) in [6.07, 6.45) is 6.01. The molecule has 0 bridgehead atoms. The van der Waals surface area contributed by atoms with E-state index in [0.29, 0.717) is 12.1 Å². The number of phenols is 1. The van der Waals surface area contributed by atoms with Crippen LogP contribution < -0.4 is 5.32 Å². The van der Waals surface area contributed by atoms with Gasteiger partial charge in [0.25, 0.3) is 0 Å². The average molecular weight is 277 g/mol. The summed E-state index contributed by atoms with van der Waals surface area (Å²) in [7, 11) is 0. The number of para-hydroxylation sites is 1. The van der Waals surface area contributed by atoms with Crippen molar-refractivity contribution in [2.24, 2.45) is 0 Å². The van der Waals surface area contributed by atoms with E-state index in [2.05, 4.69) is 5.32 Å². The first-order valence-electron chi connectivity index (χ1n) is 7.35. The highest BCUT2D eigenvalue weighted by Crippen LogP contribution is 2.26. The summed E-state index contributed by atoms with van der Waals surface area (Å²) >= 11 is 0. The van der Waals surface area contributed by atoms with E-state index in [9.17, 15) is 15.0 Å². The molecule has 2 rings (SSSR count). The van der Waals surface area contributed by atoms with E-state index in [1.165, 1.54) is 0 Å². The van der Waals surface area contributed by atoms with Gasteiger partial charge in [-0.1, -0.05) is 43.9 Å². The lowest BCUT2D eigenvalue weighted by atomic mass is 9.94. The van der Waals surface area contributed by atoms with Gasteiger partial charge in [0, 0.05) is 12.1 Å². The van der Waals surface area contributed by atoms with Gasteiger partial charge in [-0.05, 0) is 18.9 Å². The maximum atomic E-state index is 11.9. The van der Waals surface area contributed by atoms with Gasteiger partial charge in [-0.25, -0.2) is 0 Å². The van der Waals surface area contributed by atoms with Gasteiger partial charge in [-0.15, -0.1) is 0 Å². The van der Waals surface area contributed by atoms with Crippen LogP contribution in [0.3, 0.4) is 0 Å². The topological polar surface area (TPSA) is 69.6 Å². The van der Waals surface area contributed by atoms with E-state index in [4.69, 9.17) is 0 Å². The number of rotatable bonds is 4. The molecule has 4 nitrogen and oxygen atoms in total. The zero-order valence-corrected chi connectivity index (χ0v) is 11.8. The molecule has 0 atom stereocenters. The molecule has 1 saturated carbocycles. The largest absolute Gasteiger partial charge is 0.508 e. The Morgan fingerprint density at radius 1 is 1.15 bits per heavy atom. The minimum Gasteiger partial charge on any atom is -0.508 e. The molecule has 20 heavy (non-hydrogen) atoms. The number of hydrogen-bond donors (Lipinski definition) is 3. The van der Waals surface area contributed by atoms with Crippen LogP contribution in [-0.2, 0) is 11.2 Å². The molecule has 1 aliphatic rings. The minimum absolute atomic E-state index is 0.135. The van der Waals surface area contributed by atoms with Gasteiger partial charge in [0.2, 0.25) is 5.91 Å². The number of amides is 1. The fraction of sp³-hybridized carbons (Fsp3) is 0.562.